The van der Waals surface area contributed by atoms with E-state index in [1.165, 1.54) is 11.1 Å². The predicted octanol–water partition coefficient (Wildman–Crippen LogP) is 3.99. The lowest BCUT2D eigenvalue weighted by atomic mass is 10.0. The number of nitrogens with zero attached hydrogens (tertiary/aromatic N) is 2. The summed E-state index contributed by atoms with van der Waals surface area (Å²) in [6.45, 7) is 6.32. The Bertz CT molecular complexity index is 931. The van der Waals surface area contributed by atoms with Gasteiger partial charge in [0.05, 0.1) is 18.2 Å². The average Bonchev–Trinajstić information content (AvgIpc) is 3.38. The van der Waals surface area contributed by atoms with E-state index in [0.29, 0.717) is 18.2 Å². The smallest absolute Gasteiger partial charge is 0.229 e. The van der Waals surface area contributed by atoms with E-state index in [1.807, 2.05) is 28.7 Å². The Labute approximate surface area is 169 Å². The molecule has 146 valence electrons. The normalized spacial score (nSPS) is 17.1. The van der Waals surface area contributed by atoms with Crippen molar-refractivity contribution >= 4 is 17.2 Å². The monoisotopic (exact) mass is 395 g/mol. The fourth-order valence-corrected chi connectivity index (χ4v) is 4.25. The largest absolute Gasteiger partial charge is 0.441 e. The molecule has 1 fully saturated rings. The molecular formula is C22H25N3O2S. The lowest BCUT2D eigenvalue weighted by molar-refractivity contribution is -0.133. The number of thiophene rings is 1. The van der Waals surface area contributed by atoms with Crippen LogP contribution in [0.1, 0.15) is 35.5 Å². The van der Waals surface area contributed by atoms with Crippen LogP contribution in [0.2, 0.25) is 0 Å². The number of oxazole rings is 1. The molecule has 1 N–H and O–H groups in total. The lowest BCUT2D eigenvalue weighted by Gasteiger charge is -2.36. The van der Waals surface area contributed by atoms with Gasteiger partial charge in [0.1, 0.15) is 5.76 Å². The van der Waals surface area contributed by atoms with Crippen molar-refractivity contribution in [1.29, 1.82) is 0 Å². The minimum atomic E-state index is 0.0516. The minimum Gasteiger partial charge on any atom is -0.441 e. The molecule has 5 nitrogen and oxygen atoms in total. The number of hydrogen-bond donors (Lipinski definition) is 1. The highest BCUT2D eigenvalue weighted by molar-refractivity contribution is 7.08. The molecule has 3 heterocycles. The van der Waals surface area contributed by atoms with Gasteiger partial charge in [-0.3, -0.25) is 4.79 Å². The quantitative estimate of drug-likeness (QED) is 0.710. The molecule has 28 heavy (non-hydrogen) atoms. The fraction of sp³-hybridized carbons (Fsp3) is 0.364. The zero-order chi connectivity index (χ0) is 19.5. The number of carbonyl (C=O) groups excluding carboxylic acids is 1. The van der Waals surface area contributed by atoms with Gasteiger partial charge in [0.25, 0.3) is 0 Å². The zero-order valence-corrected chi connectivity index (χ0v) is 17.1. The first-order valence-corrected chi connectivity index (χ1v) is 10.7. The van der Waals surface area contributed by atoms with Crippen molar-refractivity contribution in [3.05, 3.63) is 63.7 Å². The van der Waals surface area contributed by atoms with E-state index in [0.717, 1.165) is 30.8 Å². The Kier molecular flexibility index (Phi) is 5.59. The predicted molar refractivity (Wildman–Crippen MR) is 111 cm³/mol. The Morgan fingerprint density at radius 1 is 1.32 bits per heavy atom. The molecule has 1 aliphatic heterocycles. The zero-order valence-electron chi connectivity index (χ0n) is 16.3. The molecule has 0 radical (unpaired) electrons. The van der Waals surface area contributed by atoms with Gasteiger partial charge < -0.3 is 14.6 Å². The summed E-state index contributed by atoms with van der Waals surface area (Å²) in [7, 11) is 0. The third-order valence-electron chi connectivity index (χ3n) is 5.32. The van der Waals surface area contributed by atoms with Crippen LogP contribution in [0, 0.1) is 6.92 Å². The van der Waals surface area contributed by atoms with Gasteiger partial charge in [-0.1, -0.05) is 31.2 Å². The SMILES string of the molecule is CCc1ccc(C2CNCCN2C(=O)Cc2nc(-c3ccsc3)oc2C)cc1. The minimum absolute atomic E-state index is 0.0516. The maximum atomic E-state index is 13.1. The molecule has 3 aromatic rings. The molecule has 1 unspecified atom stereocenters. The fourth-order valence-electron chi connectivity index (χ4n) is 3.62. The molecular weight excluding hydrogens is 370 g/mol. The van der Waals surface area contributed by atoms with Crippen LogP contribution in [-0.4, -0.2) is 35.4 Å². The van der Waals surface area contributed by atoms with Gasteiger partial charge in [-0.05, 0) is 35.9 Å². The van der Waals surface area contributed by atoms with E-state index in [-0.39, 0.29) is 18.4 Å². The molecule has 1 aliphatic rings. The Morgan fingerprint density at radius 2 is 2.14 bits per heavy atom. The summed E-state index contributed by atoms with van der Waals surface area (Å²) in [6.07, 6.45) is 1.28. The van der Waals surface area contributed by atoms with E-state index in [1.54, 1.807) is 11.3 Å². The number of carbonyl (C=O) groups is 1. The Hall–Kier alpha value is -2.44. The maximum Gasteiger partial charge on any atom is 0.229 e. The van der Waals surface area contributed by atoms with Crippen molar-refractivity contribution in [2.45, 2.75) is 32.7 Å². The van der Waals surface area contributed by atoms with E-state index >= 15 is 0 Å². The molecule has 1 saturated heterocycles. The second-order valence-corrected chi connectivity index (χ2v) is 7.89. The van der Waals surface area contributed by atoms with Crippen LogP contribution < -0.4 is 5.32 Å². The summed E-state index contributed by atoms with van der Waals surface area (Å²) in [5, 5.41) is 7.42. The Morgan fingerprint density at radius 3 is 2.86 bits per heavy atom. The average molecular weight is 396 g/mol. The number of aryl methyl sites for hydroxylation is 2. The van der Waals surface area contributed by atoms with Gasteiger partial charge in [0.15, 0.2) is 0 Å². The van der Waals surface area contributed by atoms with Crippen molar-refractivity contribution in [2.24, 2.45) is 0 Å². The molecule has 0 bridgehead atoms. The van der Waals surface area contributed by atoms with Crippen LogP contribution in [0.4, 0.5) is 0 Å². The molecule has 1 aromatic carbocycles. The van der Waals surface area contributed by atoms with Gasteiger partial charge in [-0.25, -0.2) is 4.98 Å². The van der Waals surface area contributed by atoms with Crippen molar-refractivity contribution in [2.75, 3.05) is 19.6 Å². The number of benzene rings is 1. The van der Waals surface area contributed by atoms with E-state index in [4.69, 9.17) is 4.42 Å². The lowest BCUT2D eigenvalue weighted by Crippen LogP contribution is -2.49. The molecule has 0 saturated carbocycles. The number of hydrogen-bond acceptors (Lipinski definition) is 5. The molecule has 2 aromatic heterocycles. The molecule has 1 amide bonds. The molecule has 0 spiro atoms. The summed E-state index contributed by atoms with van der Waals surface area (Å²) in [6, 6.07) is 10.6. The first-order valence-electron chi connectivity index (χ1n) is 9.73. The van der Waals surface area contributed by atoms with Crippen molar-refractivity contribution < 1.29 is 9.21 Å². The Balaban J connectivity index is 1.52. The van der Waals surface area contributed by atoms with Gasteiger partial charge in [0.2, 0.25) is 11.8 Å². The second kappa shape index (κ2) is 8.29. The van der Waals surface area contributed by atoms with Gasteiger partial charge >= 0.3 is 0 Å². The number of amides is 1. The third-order valence-corrected chi connectivity index (χ3v) is 6.00. The molecule has 0 aliphatic carbocycles. The summed E-state index contributed by atoms with van der Waals surface area (Å²) in [4.78, 5) is 19.7. The van der Waals surface area contributed by atoms with Gasteiger partial charge in [-0.15, -0.1) is 0 Å². The van der Waals surface area contributed by atoms with Gasteiger partial charge in [0, 0.05) is 30.6 Å². The highest BCUT2D eigenvalue weighted by Crippen LogP contribution is 2.27. The highest BCUT2D eigenvalue weighted by atomic mass is 32.1. The standard InChI is InChI=1S/C22H25N3O2S/c1-3-16-4-6-17(7-5-16)20-13-23-9-10-25(20)21(26)12-19-15(2)27-22(24-19)18-8-11-28-14-18/h4-8,11,14,20,23H,3,9-10,12-13H2,1-2H3. The highest BCUT2D eigenvalue weighted by Gasteiger charge is 2.29. The van der Waals surface area contributed by atoms with E-state index < -0.39 is 0 Å². The maximum absolute atomic E-state index is 13.1. The number of nitrogens with one attached hydrogen (secondary N) is 1. The van der Waals surface area contributed by atoms with E-state index in [9.17, 15) is 4.79 Å². The van der Waals surface area contributed by atoms with Crippen LogP contribution >= 0.6 is 11.3 Å². The number of aromatic nitrogens is 1. The van der Waals surface area contributed by atoms with Crippen molar-refractivity contribution in [3.63, 3.8) is 0 Å². The van der Waals surface area contributed by atoms with Crippen molar-refractivity contribution in [3.8, 4) is 11.5 Å². The van der Waals surface area contributed by atoms with Crippen LogP contribution in [0.15, 0.2) is 45.5 Å². The summed E-state index contributed by atoms with van der Waals surface area (Å²) >= 11 is 1.60. The van der Waals surface area contributed by atoms with Crippen LogP contribution in [-0.2, 0) is 17.6 Å². The number of piperazine rings is 1. The summed E-state index contributed by atoms with van der Waals surface area (Å²) in [5.41, 5.74) is 4.17. The number of rotatable bonds is 5. The second-order valence-electron chi connectivity index (χ2n) is 7.11. The summed E-state index contributed by atoms with van der Waals surface area (Å²) < 4.78 is 5.80. The van der Waals surface area contributed by atoms with Gasteiger partial charge in [-0.2, -0.15) is 11.3 Å². The first kappa shape index (κ1) is 18.9. The first-order chi connectivity index (χ1) is 13.7. The topological polar surface area (TPSA) is 58.4 Å². The molecule has 6 heteroatoms. The van der Waals surface area contributed by atoms with Crippen LogP contribution in [0.3, 0.4) is 0 Å². The third kappa shape index (κ3) is 3.88. The molecule has 4 rings (SSSR count). The summed E-state index contributed by atoms with van der Waals surface area (Å²) in [5.74, 6) is 1.40. The van der Waals surface area contributed by atoms with Crippen LogP contribution in [0.25, 0.3) is 11.5 Å². The molecule has 1 atom stereocenters. The van der Waals surface area contributed by atoms with Crippen molar-refractivity contribution in [1.82, 2.24) is 15.2 Å². The van der Waals surface area contributed by atoms with E-state index in [2.05, 4.69) is 41.5 Å². The van der Waals surface area contributed by atoms with Crippen LogP contribution in [0.5, 0.6) is 0 Å².